The molecule has 0 heterocycles. The van der Waals surface area contributed by atoms with Gasteiger partial charge in [-0.3, -0.25) is 4.79 Å². The Labute approximate surface area is 89.4 Å². The van der Waals surface area contributed by atoms with Crippen molar-refractivity contribution in [2.24, 2.45) is 17.8 Å². The third-order valence-corrected chi connectivity index (χ3v) is 4.50. The predicted molar refractivity (Wildman–Crippen MR) is 55.3 cm³/mol. The van der Waals surface area contributed by atoms with E-state index in [1.165, 1.54) is 38.5 Å². The second-order valence-corrected chi connectivity index (χ2v) is 5.94. The molecule has 14 heavy (non-hydrogen) atoms. The average molecular weight is 214 g/mol. The van der Waals surface area contributed by atoms with Gasteiger partial charge in [-0.1, -0.05) is 0 Å². The van der Waals surface area contributed by atoms with Crippen LogP contribution in [-0.4, -0.2) is 10.9 Å². The molecule has 4 aliphatic carbocycles. The van der Waals surface area contributed by atoms with E-state index in [2.05, 4.69) is 5.32 Å². The molecule has 4 bridgehead atoms. The number of amides is 1. The summed E-state index contributed by atoms with van der Waals surface area (Å²) in [4.78, 5) is 11.0. The highest BCUT2D eigenvalue weighted by molar-refractivity contribution is 6.63. The summed E-state index contributed by atoms with van der Waals surface area (Å²) in [5, 5.41) is 2.66. The van der Waals surface area contributed by atoms with Crippen LogP contribution >= 0.6 is 11.6 Å². The molecule has 1 amide bonds. The van der Waals surface area contributed by atoms with Crippen LogP contribution in [-0.2, 0) is 0 Å². The fourth-order valence-electron chi connectivity index (χ4n) is 4.47. The maximum absolute atomic E-state index is 11.0. The molecule has 0 aromatic heterocycles. The lowest BCUT2D eigenvalue weighted by Crippen LogP contribution is -2.58. The Morgan fingerprint density at radius 3 is 1.86 bits per heavy atom. The van der Waals surface area contributed by atoms with Gasteiger partial charge in [0.15, 0.2) is 0 Å². The highest BCUT2D eigenvalue weighted by Gasteiger charge is 2.51. The topological polar surface area (TPSA) is 29.1 Å². The first-order valence-electron chi connectivity index (χ1n) is 5.63. The molecular weight excluding hydrogens is 198 g/mol. The highest BCUT2D eigenvalue weighted by atomic mass is 35.5. The normalized spacial score (nSPS) is 49.4. The van der Waals surface area contributed by atoms with E-state index in [1.54, 1.807) is 0 Å². The van der Waals surface area contributed by atoms with Crippen molar-refractivity contribution in [3.05, 3.63) is 0 Å². The molecule has 0 aromatic rings. The van der Waals surface area contributed by atoms with Gasteiger partial charge in [-0.25, -0.2) is 0 Å². The van der Waals surface area contributed by atoms with Gasteiger partial charge in [0.2, 0.25) is 0 Å². The molecule has 3 heteroatoms. The fraction of sp³-hybridized carbons (Fsp3) is 0.909. The van der Waals surface area contributed by atoms with Gasteiger partial charge in [-0.05, 0) is 67.9 Å². The number of rotatable bonds is 1. The van der Waals surface area contributed by atoms with Crippen LogP contribution in [0, 0.1) is 17.8 Å². The third kappa shape index (κ3) is 1.35. The van der Waals surface area contributed by atoms with Crippen molar-refractivity contribution in [3.8, 4) is 0 Å². The smallest absolute Gasteiger partial charge is 0.314 e. The van der Waals surface area contributed by atoms with E-state index >= 15 is 0 Å². The van der Waals surface area contributed by atoms with E-state index in [-0.39, 0.29) is 10.9 Å². The van der Waals surface area contributed by atoms with Crippen molar-refractivity contribution in [2.75, 3.05) is 0 Å². The third-order valence-electron chi connectivity index (χ3n) is 4.40. The minimum Gasteiger partial charge on any atom is -0.337 e. The lowest BCUT2D eigenvalue weighted by molar-refractivity contribution is -0.0120. The van der Waals surface area contributed by atoms with Crippen LogP contribution in [0.1, 0.15) is 38.5 Å². The Hall–Kier alpha value is -0.240. The summed E-state index contributed by atoms with van der Waals surface area (Å²) >= 11 is 5.46. The number of hydrogen-bond donors (Lipinski definition) is 1. The first kappa shape index (κ1) is 9.02. The van der Waals surface area contributed by atoms with Crippen LogP contribution in [0.3, 0.4) is 0 Å². The van der Waals surface area contributed by atoms with Gasteiger partial charge < -0.3 is 5.32 Å². The summed E-state index contributed by atoms with van der Waals surface area (Å²) in [6.07, 6.45) is 7.73. The van der Waals surface area contributed by atoms with Gasteiger partial charge in [0, 0.05) is 5.54 Å². The lowest BCUT2D eigenvalue weighted by Gasteiger charge is -2.56. The van der Waals surface area contributed by atoms with E-state index in [1.807, 2.05) is 0 Å². The Kier molecular flexibility index (Phi) is 1.85. The van der Waals surface area contributed by atoms with Gasteiger partial charge in [0.1, 0.15) is 0 Å². The number of nitrogens with one attached hydrogen (secondary N) is 1. The van der Waals surface area contributed by atoms with Crippen molar-refractivity contribution < 1.29 is 4.79 Å². The SMILES string of the molecule is O=C(Cl)NC12CC3CC(CC(C3)C1)C2. The molecule has 2 nitrogen and oxygen atoms in total. The van der Waals surface area contributed by atoms with E-state index in [9.17, 15) is 4.79 Å². The molecule has 4 saturated carbocycles. The minimum absolute atomic E-state index is 0.0909. The van der Waals surface area contributed by atoms with E-state index < -0.39 is 0 Å². The van der Waals surface area contributed by atoms with Gasteiger partial charge in [0.25, 0.3) is 0 Å². The first-order valence-corrected chi connectivity index (χ1v) is 6.01. The number of halogens is 1. The number of carbonyl (C=O) groups is 1. The van der Waals surface area contributed by atoms with Crippen molar-refractivity contribution >= 4 is 17.0 Å². The Morgan fingerprint density at radius 2 is 1.50 bits per heavy atom. The van der Waals surface area contributed by atoms with E-state index in [0.29, 0.717) is 0 Å². The fourth-order valence-corrected chi connectivity index (χ4v) is 4.67. The molecule has 0 saturated heterocycles. The van der Waals surface area contributed by atoms with Gasteiger partial charge >= 0.3 is 5.37 Å². The summed E-state index contributed by atoms with van der Waals surface area (Å²) in [5.41, 5.74) is 0.0909. The van der Waals surface area contributed by atoms with Crippen molar-refractivity contribution in [1.82, 2.24) is 5.32 Å². The van der Waals surface area contributed by atoms with E-state index in [0.717, 1.165) is 17.8 Å². The Balaban J connectivity index is 1.83. The van der Waals surface area contributed by atoms with Crippen molar-refractivity contribution in [3.63, 3.8) is 0 Å². The zero-order valence-corrected chi connectivity index (χ0v) is 9.02. The van der Waals surface area contributed by atoms with Crippen molar-refractivity contribution in [1.29, 1.82) is 0 Å². The second kappa shape index (κ2) is 2.88. The molecule has 0 aliphatic heterocycles. The molecule has 0 radical (unpaired) electrons. The van der Waals surface area contributed by atoms with Crippen LogP contribution in [0.5, 0.6) is 0 Å². The number of carbonyl (C=O) groups excluding carboxylic acids is 1. The van der Waals surface area contributed by atoms with Gasteiger partial charge in [-0.15, -0.1) is 0 Å². The monoisotopic (exact) mass is 213 g/mol. The first-order chi connectivity index (χ1) is 6.65. The molecule has 0 aromatic carbocycles. The van der Waals surface area contributed by atoms with Gasteiger partial charge in [-0.2, -0.15) is 0 Å². The summed E-state index contributed by atoms with van der Waals surface area (Å²) in [7, 11) is 0. The summed E-state index contributed by atoms with van der Waals surface area (Å²) < 4.78 is 0. The number of hydrogen-bond acceptors (Lipinski definition) is 1. The molecule has 0 spiro atoms. The molecule has 4 rings (SSSR count). The predicted octanol–water partition coefficient (Wildman–Crippen LogP) is 2.90. The quantitative estimate of drug-likeness (QED) is 0.527. The summed E-state index contributed by atoms with van der Waals surface area (Å²) in [6, 6.07) is 0. The van der Waals surface area contributed by atoms with E-state index in [4.69, 9.17) is 11.6 Å². The molecular formula is C11H16ClNO. The molecule has 0 unspecified atom stereocenters. The zero-order valence-electron chi connectivity index (χ0n) is 8.26. The van der Waals surface area contributed by atoms with Crippen LogP contribution in [0.4, 0.5) is 4.79 Å². The Bertz CT molecular complexity index is 241. The van der Waals surface area contributed by atoms with Crippen LogP contribution in [0.15, 0.2) is 0 Å². The largest absolute Gasteiger partial charge is 0.337 e. The van der Waals surface area contributed by atoms with Crippen LogP contribution < -0.4 is 5.32 Å². The van der Waals surface area contributed by atoms with Gasteiger partial charge in [0.05, 0.1) is 0 Å². The maximum atomic E-state index is 11.0. The molecule has 4 fully saturated rings. The highest BCUT2D eigenvalue weighted by Crippen LogP contribution is 2.55. The average Bonchev–Trinajstić information content (AvgIpc) is 1.96. The van der Waals surface area contributed by atoms with Crippen LogP contribution in [0.2, 0.25) is 0 Å². The second-order valence-electron chi connectivity index (χ2n) is 5.60. The summed E-state index contributed by atoms with van der Waals surface area (Å²) in [6.45, 7) is 0. The van der Waals surface area contributed by atoms with Crippen LogP contribution in [0.25, 0.3) is 0 Å². The lowest BCUT2D eigenvalue weighted by atomic mass is 9.53. The van der Waals surface area contributed by atoms with Crippen molar-refractivity contribution in [2.45, 2.75) is 44.1 Å². The Morgan fingerprint density at radius 1 is 1.07 bits per heavy atom. The molecule has 4 aliphatic rings. The summed E-state index contributed by atoms with van der Waals surface area (Å²) in [5.74, 6) is 2.60. The molecule has 0 atom stereocenters. The standard InChI is InChI=1S/C11H16ClNO/c12-10(14)13-11-4-7-1-8(5-11)3-9(2-7)6-11/h7-9H,1-6H2,(H,13,14). The zero-order chi connectivity index (χ0) is 9.76. The molecule has 1 N–H and O–H groups in total. The molecule has 78 valence electrons. The minimum atomic E-state index is -0.355. The maximum Gasteiger partial charge on any atom is 0.314 e.